The first-order valence-corrected chi connectivity index (χ1v) is 9.37. The van der Waals surface area contributed by atoms with E-state index in [9.17, 15) is 9.59 Å². The molecule has 0 spiro atoms. The van der Waals surface area contributed by atoms with Crippen LogP contribution in [0.5, 0.6) is 0 Å². The summed E-state index contributed by atoms with van der Waals surface area (Å²) < 4.78 is 0. The molecule has 0 amide bonds. The Morgan fingerprint density at radius 3 is 1.86 bits per heavy atom. The zero-order valence-electron chi connectivity index (χ0n) is 16.1. The number of nitrogens with two attached hydrogens (primary N) is 1. The van der Waals surface area contributed by atoms with Crippen molar-refractivity contribution in [2.45, 2.75) is 32.6 Å². The Balaban J connectivity index is 0.000000211. The highest BCUT2D eigenvalue weighted by Gasteiger charge is 2.40. The van der Waals surface area contributed by atoms with Gasteiger partial charge in [-0.15, -0.1) is 0 Å². The number of Topliss-reactive ketones (excluding diaryl/α,β-unsaturated/α-hetero) is 2. The lowest BCUT2D eigenvalue weighted by Crippen LogP contribution is -2.14. The van der Waals surface area contributed by atoms with Crippen molar-refractivity contribution in [1.82, 2.24) is 9.97 Å². The van der Waals surface area contributed by atoms with E-state index in [0.717, 1.165) is 18.4 Å². The van der Waals surface area contributed by atoms with Gasteiger partial charge in [0.25, 0.3) is 0 Å². The summed E-state index contributed by atoms with van der Waals surface area (Å²) in [5.74, 6) is -0.430. The highest BCUT2D eigenvalue weighted by Crippen LogP contribution is 2.33. The number of nitrogen functional groups attached to an aromatic ring is 1. The molecule has 0 bridgehead atoms. The largest absolute Gasteiger partial charge is 0.384 e. The third-order valence-corrected chi connectivity index (χ3v) is 4.79. The van der Waals surface area contributed by atoms with Crippen molar-refractivity contribution in [1.29, 1.82) is 0 Å². The number of carbonyl (C=O) groups excluding carboxylic acids is 2. The van der Waals surface area contributed by atoms with Crippen LogP contribution >= 0.6 is 0 Å². The fraction of sp³-hybridized carbons (Fsp3) is 0.217. The number of anilines is 1. The summed E-state index contributed by atoms with van der Waals surface area (Å²) in [6, 6.07) is 14.6. The number of benzene rings is 1. The van der Waals surface area contributed by atoms with Crippen LogP contribution in [-0.2, 0) is 12.8 Å². The van der Waals surface area contributed by atoms with Crippen molar-refractivity contribution in [3.63, 3.8) is 0 Å². The van der Waals surface area contributed by atoms with E-state index in [-0.39, 0.29) is 11.6 Å². The third-order valence-electron chi connectivity index (χ3n) is 4.79. The third kappa shape index (κ3) is 3.98. The Kier molecular flexibility index (Phi) is 5.94. The quantitative estimate of drug-likeness (QED) is 0.701. The molecule has 1 aliphatic carbocycles. The molecule has 4 rings (SSSR count). The fourth-order valence-electron chi connectivity index (χ4n) is 3.20. The highest BCUT2D eigenvalue weighted by molar-refractivity contribution is 6.29. The molecule has 0 aliphatic heterocycles. The lowest BCUT2D eigenvalue weighted by Gasteiger charge is -2.07. The summed E-state index contributed by atoms with van der Waals surface area (Å²) in [6.07, 6.45) is 5.27. The monoisotopic (exact) mass is 373 g/mol. The van der Waals surface area contributed by atoms with E-state index in [1.54, 1.807) is 36.7 Å². The van der Waals surface area contributed by atoms with Gasteiger partial charge in [-0.2, -0.15) is 0 Å². The number of carbonyl (C=O) groups is 2. The first-order valence-electron chi connectivity index (χ1n) is 9.37. The number of hydrogen-bond acceptors (Lipinski definition) is 5. The van der Waals surface area contributed by atoms with Gasteiger partial charge in [-0.1, -0.05) is 38.1 Å². The van der Waals surface area contributed by atoms with E-state index in [1.807, 2.05) is 31.2 Å². The molecular formula is C23H23N3O2. The molecule has 0 unspecified atom stereocenters. The van der Waals surface area contributed by atoms with E-state index >= 15 is 0 Å². The topological polar surface area (TPSA) is 85.9 Å². The van der Waals surface area contributed by atoms with Crippen molar-refractivity contribution in [3.05, 3.63) is 88.9 Å². The van der Waals surface area contributed by atoms with E-state index < -0.39 is 5.92 Å². The summed E-state index contributed by atoms with van der Waals surface area (Å²) in [5.41, 5.74) is 9.34. The molecule has 0 atom stereocenters. The summed E-state index contributed by atoms with van der Waals surface area (Å²) >= 11 is 0. The van der Waals surface area contributed by atoms with Crippen molar-refractivity contribution in [3.8, 4) is 0 Å². The first-order chi connectivity index (χ1) is 13.5. The van der Waals surface area contributed by atoms with Crippen LogP contribution in [0.2, 0.25) is 0 Å². The van der Waals surface area contributed by atoms with Gasteiger partial charge in [0, 0.05) is 23.5 Å². The molecule has 1 aliphatic rings. The maximum atomic E-state index is 12.3. The normalized spacial score (nSPS) is 13.1. The number of aryl methyl sites for hydroxylation is 2. The minimum absolute atomic E-state index is 0.138. The smallest absolute Gasteiger partial charge is 0.180 e. The van der Waals surface area contributed by atoms with E-state index in [4.69, 9.17) is 5.73 Å². The molecule has 2 aromatic heterocycles. The zero-order chi connectivity index (χ0) is 20.1. The molecule has 0 radical (unpaired) electrons. The van der Waals surface area contributed by atoms with Gasteiger partial charge in [0.05, 0.1) is 5.69 Å². The van der Waals surface area contributed by atoms with E-state index in [1.165, 1.54) is 5.56 Å². The van der Waals surface area contributed by atoms with Crippen LogP contribution in [0.15, 0.2) is 60.9 Å². The van der Waals surface area contributed by atoms with Crippen LogP contribution in [0.4, 0.5) is 5.82 Å². The molecular weight excluding hydrogens is 350 g/mol. The number of aromatic nitrogens is 2. The lowest BCUT2D eigenvalue weighted by molar-refractivity contribution is 0.0888. The van der Waals surface area contributed by atoms with Gasteiger partial charge in [-0.3, -0.25) is 14.6 Å². The van der Waals surface area contributed by atoms with Crippen molar-refractivity contribution in [2.24, 2.45) is 0 Å². The molecule has 142 valence electrons. The number of pyridine rings is 2. The molecule has 28 heavy (non-hydrogen) atoms. The van der Waals surface area contributed by atoms with Crippen molar-refractivity contribution in [2.75, 3.05) is 5.73 Å². The number of nitrogens with zero attached hydrogens (tertiary/aromatic N) is 2. The van der Waals surface area contributed by atoms with Crippen LogP contribution in [0.3, 0.4) is 0 Å². The molecule has 5 nitrogen and oxygen atoms in total. The average Bonchev–Trinajstić information content (AvgIpc) is 2.99. The lowest BCUT2D eigenvalue weighted by atomic mass is 9.97. The Bertz CT molecular complexity index is 979. The van der Waals surface area contributed by atoms with Crippen molar-refractivity contribution >= 4 is 17.4 Å². The summed E-state index contributed by atoms with van der Waals surface area (Å²) in [7, 11) is 0. The maximum absolute atomic E-state index is 12.3. The van der Waals surface area contributed by atoms with Crippen LogP contribution in [0.1, 0.15) is 57.3 Å². The molecule has 1 aromatic carbocycles. The second-order valence-corrected chi connectivity index (χ2v) is 6.59. The molecule has 0 fully saturated rings. The Hall–Kier alpha value is -3.34. The standard InChI is InChI=1S/C16H13NO2.C7H10N2/c1-2-10-7-8-17-13(9-10)14-15(18)11-5-3-4-6-12(11)16(14)19;1-2-6-3-4-9-7(8)5-6/h3-9,14H,2H2,1H3;3-5H,2H2,1H3,(H2,8,9). The van der Waals surface area contributed by atoms with Gasteiger partial charge in [0.1, 0.15) is 11.7 Å². The molecule has 0 saturated heterocycles. The first kappa shape index (κ1) is 19.4. The van der Waals surface area contributed by atoms with Gasteiger partial charge >= 0.3 is 0 Å². The molecule has 3 aromatic rings. The van der Waals surface area contributed by atoms with Gasteiger partial charge in [0.2, 0.25) is 0 Å². The Labute approximate surface area is 164 Å². The van der Waals surface area contributed by atoms with Gasteiger partial charge in [0.15, 0.2) is 11.6 Å². The Morgan fingerprint density at radius 1 is 0.821 bits per heavy atom. The number of hydrogen-bond donors (Lipinski definition) is 1. The summed E-state index contributed by atoms with van der Waals surface area (Å²) in [4.78, 5) is 32.8. The van der Waals surface area contributed by atoms with Gasteiger partial charge in [-0.25, -0.2) is 4.98 Å². The number of fused-ring (bicyclic) bond motifs is 1. The zero-order valence-corrected chi connectivity index (χ0v) is 16.1. The van der Waals surface area contributed by atoms with Gasteiger partial charge in [-0.05, 0) is 48.2 Å². The number of ketones is 2. The van der Waals surface area contributed by atoms with Crippen LogP contribution < -0.4 is 5.73 Å². The number of rotatable bonds is 3. The second kappa shape index (κ2) is 8.57. The van der Waals surface area contributed by atoms with Crippen LogP contribution in [0.25, 0.3) is 0 Å². The van der Waals surface area contributed by atoms with Crippen LogP contribution in [-0.4, -0.2) is 21.5 Å². The SMILES string of the molecule is CCc1ccnc(C2C(=O)c3ccccc3C2=O)c1.CCc1ccnc(N)c1. The van der Waals surface area contributed by atoms with E-state index in [2.05, 4.69) is 16.9 Å². The molecule has 5 heteroatoms. The van der Waals surface area contributed by atoms with Crippen molar-refractivity contribution < 1.29 is 9.59 Å². The predicted octanol–water partition coefficient (Wildman–Crippen LogP) is 4.03. The highest BCUT2D eigenvalue weighted by atomic mass is 16.2. The summed E-state index contributed by atoms with van der Waals surface area (Å²) in [5, 5.41) is 0. The second-order valence-electron chi connectivity index (χ2n) is 6.59. The Morgan fingerprint density at radius 2 is 1.36 bits per heavy atom. The van der Waals surface area contributed by atoms with E-state index in [0.29, 0.717) is 22.6 Å². The summed E-state index contributed by atoms with van der Waals surface area (Å²) in [6.45, 7) is 4.13. The average molecular weight is 373 g/mol. The maximum Gasteiger partial charge on any atom is 0.180 e. The molecule has 0 saturated carbocycles. The fourth-order valence-corrected chi connectivity index (χ4v) is 3.20. The van der Waals surface area contributed by atoms with Gasteiger partial charge < -0.3 is 5.73 Å². The van der Waals surface area contributed by atoms with Crippen LogP contribution in [0, 0.1) is 0 Å². The predicted molar refractivity (Wildman–Crippen MR) is 109 cm³/mol. The molecule has 2 heterocycles. The minimum Gasteiger partial charge on any atom is -0.384 e. The minimum atomic E-state index is -0.760. The molecule has 2 N–H and O–H groups in total.